The molecule has 6 unspecified atom stereocenters. The summed E-state index contributed by atoms with van der Waals surface area (Å²) in [5, 5.41) is 50.2. The molecule has 0 aromatic rings. The number of phosphoric acid groups is 1. The van der Waals surface area contributed by atoms with Crippen LogP contribution in [0.4, 0.5) is 0 Å². The van der Waals surface area contributed by atoms with E-state index in [0.717, 1.165) is 44.9 Å². The van der Waals surface area contributed by atoms with Crippen molar-refractivity contribution < 1.29 is 63.1 Å². The molecule has 1 saturated carbocycles. The molecule has 0 spiro atoms. The van der Waals surface area contributed by atoms with Crippen LogP contribution < -0.4 is 0 Å². The number of aliphatic hydroxyl groups is 5. The first-order chi connectivity index (χ1) is 29.4. The molecule has 61 heavy (non-hydrogen) atoms. The van der Waals surface area contributed by atoms with Gasteiger partial charge in [0.15, 0.2) is 6.10 Å². The van der Waals surface area contributed by atoms with Crippen LogP contribution in [0.1, 0.15) is 219 Å². The highest BCUT2D eigenvalue weighted by Crippen LogP contribution is 2.47. The zero-order valence-electron chi connectivity index (χ0n) is 38.1. The molecule has 14 heteroatoms. The van der Waals surface area contributed by atoms with E-state index in [0.29, 0.717) is 12.8 Å². The van der Waals surface area contributed by atoms with E-state index in [1.54, 1.807) is 0 Å². The maximum atomic E-state index is 12.8. The SMILES string of the molecule is C=CCCCCCCCCCCCCCCCC(=O)OC[C@H](COP(=O)(O)OC1C(O)C(O)C(O)[C@H](O)C1O)OC(=O)CCCCCCCCCCCCCCCCCCC. The molecule has 0 aliphatic heterocycles. The van der Waals surface area contributed by atoms with Crippen molar-refractivity contribution >= 4 is 19.8 Å². The van der Waals surface area contributed by atoms with Crippen molar-refractivity contribution in [2.24, 2.45) is 0 Å². The highest BCUT2D eigenvalue weighted by atomic mass is 31.2. The summed E-state index contributed by atoms with van der Waals surface area (Å²) in [6.07, 6.45) is 25.8. The number of ether oxygens (including phenoxy) is 2. The Kier molecular flexibility index (Phi) is 35.8. The van der Waals surface area contributed by atoms with Crippen LogP contribution in [0.15, 0.2) is 12.7 Å². The summed E-state index contributed by atoms with van der Waals surface area (Å²) < 4.78 is 33.6. The van der Waals surface area contributed by atoms with Gasteiger partial charge in [0.25, 0.3) is 0 Å². The third kappa shape index (κ3) is 30.4. The molecule has 0 aromatic carbocycles. The number of carbonyl (C=O) groups excluding carboxylic acids is 2. The van der Waals surface area contributed by atoms with Gasteiger partial charge in [0.05, 0.1) is 6.61 Å². The van der Waals surface area contributed by atoms with Gasteiger partial charge in [-0.05, 0) is 25.7 Å². The Morgan fingerprint density at radius 2 is 0.869 bits per heavy atom. The molecule has 1 rings (SSSR count). The number of hydrogen-bond donors (Lipinski definition) is 6. The van der Waals surface area contributed by atoms with Crippen LogP contribution in [0.3, 0.4) is 0 Å². The highest BCUT2D eigenvalue weighted by molar-refractivity contribution is 7.47. The van der Waals surface area contributed by atoms with Gasteiger partial charge in [0.2, 0.25) is 0 Å². The average molecular weight is 893 g/mol. The topological polar surface area (TPSA) is 210 Å². The molecule has 1 aliphatic carbocycles. The molecule has 8 atom stereocenters. The van der Waals surface area contributed by atoms with Crippen LogP contribution in [-0.2, 0) is 32.7 Å². The first-order valence-corrected chi connectivity index (χ1v) is 25.9. The van der Waals surface area contributed by atoms with Crippen LogP contribution in [0.25, 0.3) is 0 Å². The van der Waals surface area contributed by atoms with Crippen LogP contribution in [0, 0.1) is 0 Å². The number of allylic oxidation sites excluding steroid dienone is 1. The summed E-state index contributed by atoms with van der Waals surface area (Å²) in [6, 6.07) is 0. The number of hydrogen-bond acceptors (Lipinski definition) is 12. The molecular weight excluding hydrogens is 803 g/mol. The molecule has 1 aliphatic rings. The fourth-order valence-electron chi connectivity index (χ4n) is 7.80. The Hall–Kier alpha value is -1.41. The number of aliphatic hydroxyl groups excluding tert-OH is 5. The Bertz CT molecular complexity index is 1110. The van der Waals surface area contributed by atoms with E-state index in [1.807, 2.05) is 6.08 Å². The smallest absolute Gasteiger partial charge is 0.462 e. The average Bonchev–Trinajstić information content (AvgIpc) is 3.24. The van der Waals surface area contributed by atoms with E-state index in [4.69, 9.17) is 18.5 Å². The zero-order valence-corrected chi connectivity index (χ0v) is 39.0. The largest absolute Gasteiger partial charge is 0.472 e. The quantitative estimate of drug-likeness (QED) is 0.0146. The minimum absolute atomic E-state index is 0.103. The van der Waals surface area contributed by atoms with Gasteiger partial charge in [-0.15, -0.1) is 6.58 Å². The van der Waals surface area contributed by atoms with Crippen LogP contribution in [0.5, 0.6) is 0 Å². The summed E-state index contributed by atoms with van der Waals surface area (Å²) in [5.41, 5.74) is 0. The van der Waals surface area contributed by atoms with E-state index in [-0.39, 0.29) is 12.8 Å². The number of rotatable bonds is 42. The third-order valence-corrected chi connectivity index (χ3v) is 12.7. The number of esters is 2. The predicted octanol–water partition coefficient (Wildman–Crippen LogP) is 9.84. The molecule has 13 nitrogen and oxygen atoms in total. The van der Waals surface area contributed by atoms with Crippen molar-refractivity contribution in [2.45, 2.75) is 262 Å². The van der Waals surface area contributed by atoms with Crippen molar-refractivity contribution in [1.29, 1.82) is 0 Å². The molecule has 0 bridgehead atoms. The van der Waals surface area contributed by atoms with Crippen LogP contribution in [-0.4, -0.2) is 98.3 Å². The van der Waals surface area contributed by atoms with Crippen LogP contribution in [0.2, 0.25) is 0 Å². The second-order valence-electron chi connectivity index (χ2n) is 17.4. The second-order valence-corrected chi connectivity index (χ2v) is 18.8. The monoisotopic (exact) mass is 893 g/mol. The molecule has 0 amide bonds. The third-order valence-electron chi connectivity index (χ3n) is 11.8. The predicted molar refractivity (Wildman–Crippen MR) is 240 cm³/mol. The fourth-order valence-corrected chi connectivity index (χ4v) is 8.77. The lowest BCUT2D eigenvalue weighted by atomic mass is 9.85. The summed E-state index contributed by atoms with van der Waals surface area (Å²) >= 11 is 0. The van der Waals surface area contributed by atoms with Gasteiger partial charge >= 0.3 is 19.8 Å². The van der Waals surface area contributed by atoms with E-state index >= 15 is 0 Å². The normalized spacial score (nSPS) is 21.8. The Labute approximate surface area is 369 Å². The maximum Gasteiger partial charge on any atom is 0.472 e. The van der Waals surface area contributed by atoms with Crippen molar-refractivity contribution in [2.75, 3.05) is 13.2 Å². The first kappa shape index (κ1) is 57.6. The second kappa shape index (κ2) is 37.9. The first-order valence-electron chi connectivity index (χ1n) is 24.5. The molecule has 0 radical (unpaired) electrons. The molecule has 0 heterocycles. The Balaban J connectivity index is 2.41. The van der Waals surface area contributed by atoms with E-state index in [2.05, 4.69) is 13.5 Å². The number of carbonyl (C=O) groups is 2. The van der Waals surface area contributed by atoms with Crippen LogP contribution >= 0.6 is 7.82 Å². The molecule has 1 fully saturated rings. The molecular formula is C47H89O13P. The van der Waals surface area contributed by atoms with Crippen molar-refractivity contribution in [3.8, 4) is 0 Å². The van der Waals surface area contributed by atoms with E-state index in [1.165, 1.54) is 141 Å². The minimum atomic E-state index is -5.11. The van der Waals surface area contributed by atoms with Gasteiger partial charge in [-0.2, -0.15) is 0 Å². The Morgan fingerprint density at radius 1 is 0.525 bits per heavy atom. The molecule has 0 aromatic heterocycles. The van der Waals surface area contributed by atoms with Crippen molar-refractivity contribution in [1.82, 2.24) is 0 Å². The zero-order chi connectivity index (χ0) is 45.0. The van der Waals surface area contributed by atoms with E-state index in [9.17, 15) is 44.6 Å². The van der Waals surface area contributed by atoms with Crippen molar-refractivity contribution in [3.63, 3.8) is 0 Å². The summed E-state index contributed by atoms with van der Waals surface area (Å²) in [5.74, 6) is -1.09. The van der Waals surface area contributed by atoms with Gasteiger partial charge in [-0.3, -0.25) is 18.6 Å². The molecule has 6 N–H and O–H groups in total. The number of unbranched alkanes of at least 4 members (excludes halogenated alkanes) is 29. The van der Waals surface area contributed by atoms with Gasteiger partial charge in [-0.25, -0.2) is 4.57 Å². The van der Waals surface area contributed by atoms with Crippen molar-refractivity contribution in [3.05, 3.63) is 12.7 Å². The fraction of sp³-hybridized carbons (Fsp3) is 0.915. The summed E-state index contributed by atoms with van der Waals surface area (Å²) in [4.78, 5) is 35.7. The highest BCUT2D eigenvalue weighted by Gasteiger charge is 2.51. The lowest BCUT2D eigenvalue weighted by Crippen LogP contribution is -2.64. The number of phosphoric ester groups is 1. The maximum absolute atomic E-state index is 12.8. The lowest BCUT2D eigenvalue weighted by Gasteiger charge is -2.41. The molecule has 360 valence electrons. The lowest BCUT2D eigenvalue weighted by molar-refractivity contribution is -0.220. The standard InChI is InChI=1S/C47H89O13P/c1-3-5-7-9-11-13-15-17-19-20-22-24-26-28-30-32-34-36-41(49)59-39(38-58-61(55,56)60-47-45(53)43(51)42(50)44(52)46(47)54)37-57-40(48)35-33-31-29-27-25-23-21-18-16-14-12-10-8-6-4-2/h4,39,42-47,50-54H,2-3,5-38H2,1H3,(H,55,56)/t39-,42?,43+,44?,45?,46?,47?/m1/s1. The minimum Gasteiger partial charge on any atom is -0.462 e. The summed E-state index contributed by atoms with van der Waals surface area (Å²) in [7, 11) is -5.11. The summed E-state index contributed by atoms with van der Waals surface area (Å²) in [6.45, 7) is 4.86. The molecule has 0 saturated heterocycles. The van der Waals surface area contributed by atoms with Gasteiger partial charge in [-0.1, -0.05) is 186 Å². The van der Waals surface area contributed by atoms with Gasteiger partial charge in [0.1, 0.15) is 43.2 Å². The van der Waals surface area contributed by atoms with Gasteiger partial charge in [0, 0.05) is 12.8 Å². The van der Waals surface area contributed by atoms with Gasteiger partial charge < -0.3 is 39.9 Å². The Morgan fingerprint density at radius 3 is 1.26 bits per heavy atom. The van der Waals surface area contributed by atoms with E-state index < -0.39 is 75.7 Å².